The topological polar surface area (TPSA) is 28.2 Å². The predicted molar refractivity (Wildman–Crippen MR) is 53.8 cm³/mol. The highest BCUT2D eigenvalue weighted by molar-refractivity contribution is 5.55. The van der Waals surface area contributed by atoms with E-state index in [1.54, 1.807) is 0 Å². The maximum atomic E-state index is 4.36. The van der Waals surface area contributed by atoms with Gasteiger partial charge in [-0.3, -0.25) is 4.98 Å². The van der Waals surface area contributed by atoms with Crippen LogP contribution < -0.4 is 10.2 Å². The SMILES string of the molecule is CNC(C)N1CCc2ncccc21. The first-order valence-electron chi connectivity index (χ1n) is 4.70. The van der Waals surface area contributed by atoms with Crippen molar-refractivity contribution in [1.29, 1.82) is 0 Å². The minimum absolute atomic E-state index is 0.394. The van der Waals surface area contributed by atoms with Gasteiger partial charge in [0.05, 0.1) is 17.5 Å². The maximum Gasteiger partial charge on any atom is 0.0765 e. The molecule has 2 heterocycles. The van der Waals surface area contributed by atoms with E-state index in [0.717, 1.165) is 13.0 Å². The first-order chi connectivity index (χ1) is 6.33. The number of hydrogen-bond donors (Lipinski definition) is 1. The zero-order valence-corrected chi connectivity index (χ0v) is 8.12. The molecule has 2 rings (SSSR count). The van der Waals surface area contributed by atoms with E-state index in [4.69, 9.17) is 0 Å². The Balaban J connectivity index is 2.28. The molecule has 70 valence electrons. The number of fused-ring (bicyclic) bond motifs is 1. The summed E-state index contributed by atoms with van der Waals surface area (Å²) in [6.07, 6.45) is 3.33. The van der Waals surface area contributed by atoms with E-state index in [9.17, 15) is 0 Å². The van der Waals surface area contributed by atoms with E-state index in [0.29, 0.717) is 6.17 Å². The van der Waals surface area contributed by atoms with Crippen LogP contribution in [0.1, 0.15) is 12.6 Å². The lowest BCUT2D eigenvalue weighted by atomic mass is 10.3. The van der Waals surface area contributed by atoms with Gasteiger partial charge in [0, 0.05) is 19.2 Å². The number of hydrogen-bond acceptors (Lipinski definition) is 3. The molecule has 1 aliphatic heterocycles. The Hall–Kier alpha value is -1.09. The Labute approximate surface area is 78.8 Å². The molecule has 1 aromatic heterocycles. The average molecular weight is 177 g/mol. The van der Waals surface area contributed by atoms with Crippen molar-refractivity contribution in [3.63, 3.8) is 0 Å². The summed E-state index contributed by atoms with van der Waals surface area (Å²) in [4.78, 5) is 6.71. The highest BCUT2D eigenvalue weighted by Gasteiger charge is 2.22. The lowest BCUT2D eigenvalue weighted by Gasteiger charge is -2.26. The number of pyridine rings is 1. The highest BCUT2D eigenvalue weighted by atomic mass is 15.3. The number of aromatic nitrogens is 1. The Morgan fingerprint density at radius 3 is 3.23 bits per heavy atom. The molecule has 1 aliphatic rings. The van der Waals surface area contributed by atoms with Gasteiger partial charge in [-0.1, -0.05) is 0 Å². The molecule has 0 spiro atoms. The average Bonchev–Trinajstić information content (AvgIpc) is 2.60. The summed E-state index contributed by atoms with van der Waals surface area (Å²) in [6, 6.07) is 4.14. The van der Waals surface area contributed by atoms with Crippen molar-refractivity contribution in [3.8, 4) is 0 Å². The van der Waals surface area contributed by atoms with E-state index in [2.05, 4.69) is 28.2 Å². The van der Waals surface area contributed by atoms with Gasteiger partial charge in [0.15, 0.2) is 0 Å². The van der Waals surface area contributed by atoms with Crippen LogP contribution in [0, 0.1) is 0 Å². The van der Waals surface area contributed by atoms with Crippen LogP contribution in [-0.2, 0) is 6.42 Å². The summed E-state index contributed by atoms with van der Waals surface area (Å²) in [7, 11) is 1.99. The number of rotatable bonds is 2. The third-order valence-electron chi connectivity index (χ3n) is 2.65. The normalized spacial score (nSPS) is 17.2. The molecule has 1 unspecified atom stereocenters. The molecule has 3 heteroatoms. The van der Waals surface area contributed by atoms with Gasteiger partial charge < -0.3 is 10.2 Å². The van der Waals surface area contributed by atoms with Crippen LogP contribution in [0.3, 0.4) is 0 Å². The second-order valence-corrected chi connectivity index (χ2v) is 3.38. The zero-order chi connectivity index (χ0) is 9.26. The zero-order valence-electron chi connectivity index (χ0n) is 8.12. The van der Waals surface area contributed by atoms with Crippen LogP contribution in [-0.4, -0.2) is 24.7 Å². The van der Waals surface area contributed by atoms with Gasteiger partial charge in [0.25, 0.3) is 0 Å². The van der Waals surface area contributed by atoms with Gasteiger partial charge in [0.1, 0.15) is 0 Å². The van der Waals surface area contributed by atoms with Crippen LogP contribution in [0.5, 0.6) is 0 Å². The summed E-state index contributed by atoms with van der Waals surface area (Å²) >= 11 is 0. The highest BCUT2D eigenvalue weighted by Crippen LogP contribution is 2.26. The van der Waals surface area contributed by atoms with Gasteiger partial charge in [-0.15, -0.1) is 0 Å². The number of anilines is 1. The number of nitrogens with one attached hydrogen (secondary N) is 1. The molecular formula is C10H15N3. The van der Waals surface area contributed by atoms with Crippen molar-refractivity contribution in [1.82, 2.24) is 10.3 Å². The standard InChI is InChI=1S/C10H15N3/c1-8(11-2)13-7-5-9-10(13)4-3-6-12-9/h3-4,6,8,11H,5,7H2,1-2H3. The van der Waals surface area contributed by atoms with E-state index in [-0.39, 0.29) is 0 Å². The molecule has 0 amide bonds. The molecule has 0 radical (unpaired) electrons. The van der Waals surface area contributed by atoms with Gasteiger partial charge in [-0.2, -0.15) is 0 Å². The molecule has 1 aromatic rings. The molecule has 0 fully saturated rings. The van der Waals surface area contributed by atoms with E-state index in [1.807, 2.05) is 19.3 Å². The summed E-state index contributed by atoms with van der Waals surface area (Å²) < 4.78 is 0. The van der Waals surface area contributed by atoms with E-state index in [1.165, 1.54) is 11.4 Å². The fourth-order valence-electron chi connectivity index (χ4n) is 1.79. The predicted octanol–water partition coefficient (Wildman–Crippen LogP) is 1.01. The monoisotopic (exact) mass is 177 g/mol. The minimum Gasteiger partial charge on any atom is -0.354 e. The second-order valence-electron chi connectivity index (χ2n) is 3.38. The molecule has 0 aliphatic carbocycles. The first-order valence-corrected chi connectivity index (χ1v) is 4.70. The summed E-state index contributed by atoms with van der Waals surface area (Å²) in [6.45, 7) is 3.25. The maximum absolute atomic E-state index is 4.36. The van der Waals surface area contributed by atoms with Crippen LogP contribution in [0.2, 0.25) is 0 Å². The van der Waals surface area contributed by atoms with Crippen molar-refractivity contribution in [2.75, 3.05) is 18.5 Å². The van der Waals surface area contributed by atoms with Gasteiger partial charge >= 0.3 is 0 Å². The van der Waals surface area contributed by atoms with Crippen molar-refractivity contribution >= 4 is 5.69 Å². The molecule has 3 nitrogen and oxygen atoms in total. The molecule has 0 saturated heterocycles. The van der Waals surface area contributed by atoms with E-state index < -0.39 is 0 Å². The molecule has 1 atom stereocenters. The fraction of sp³-hybridized carbons (Fsp3) is 0.500. The van der Waals surface area contributed by atoms with Crippen LogP contribution >= 0.6 is 0 Å². The second kappa shape index (κ2) is 3.34. The Kier molecular flexibility index (Phi) is 2.19. The van der Waals surface area contributed by atoms with Gasteiger partial charge in [-0.25, -0.2) is 0 Å². The van der Waals surface area contributed by atoms with E-state index >= 15 is 0 Å². The molecule has 0 saturated carbocycles. The molecule has 13 heavy (non-hydrogen) atoms. The Morgan fingerprint density at radius 1 is 1.62 bits per heavy atom. The molecule has 0 bridgehead atoms. The third-order valence-corrected chi connectivity index (χ3v) is 2.65. The smallest absolute Gasteiger partial charge is 0.0765 e. The summed E-state index contributed by atoms with van der Waals surface area (Å²) in [5.41, 5.74) is 2.51. The molecule has 0 aromatic carbocycles. The van der Waals surface area contributed by atoms with Crippen LogP contribution in [0.4, 0.5) is 5.69 Å². The lowest BCUT2D eigenvalue weighted by Crippen LogP contribution is -2.40. The lowest BCUT2D eigenvalue weighted by molar-refractivity contribution is 0.578. The van der Waals surface area contributed by atoms with Crippen LogP contribution in [0.15, 0.2) is 18.3 Å². The van der Waals surface area contributed by atoms with Crippen molar-refractivity contribution in [2.24, 2.45) is 0 Å². The quantitative estimate of drug-likeness (QED) is 0.730. The van der Waals surface area contributed by atoms with Gasteiger partial charge in [0.2, 0.25) is 0 Å². The first kappa shape index (κ1) is 8.51. The number of nitrogens with zero attached hydrogens (tertiary/aromatic N) is 2. The summed E-state index contributed by atoms with van der Waals surface area (Å²) in [5, 5.41) is 3.25. The Morgan fingerprint density at radius 2 is 2.46 bits per heavy atom. The minimum atomic E-state index is 0.394. The Bertz CT molecular complexity index is 298. The van der Waals surface area contributed by atoms with Crippen molar-refractivity contribution in [3.05, 3.63) is 24.0 Å². The van der Waals surface area contributed by atoms with Crippen molar-refractivity contribution in [2.45, 2.75) is 19.5 Å². The molecular weight excluding hydrogens is 162 g/mol. The third kappa shape index (κ3) is 1.40. The largest absolute Gasteiger partial charge is 0.354 e. The summed E-state index contributed by atoms with van der Waals surface area (Å²) in [5.74, 6) is 0. The fourth-order valence-corrected chi connectivity index (χ4v) is 1.79. The van der Waals surface area contributed by atoms with Crippen LogP contribution in [0.25, 0.3) is 0 Å². The van der Waals surface area contributed by atoms with Crippen molar-refractivity contribution < 1.29 is 0 Å². The molecule has 1 N–H and O–H groups in total. The van der Waals surface area contributed by atoms with Gasteiger partial charge in [-0.05, 0) is 26.1 Å².